The molecule has 43 heavy (non-hydrogen) atoms. The highest BCUT2D eigenvalue weighted by atomic mass is 15.2. The zero-order chi connectivity index (χ0) is 28.6. The van der Waals surface area contributed by atoms with Crippen molar-refractivity contribution in [3.05, 3.63) is 170 Å². The van der Waals surface area contributed by atoms with Crippen LogP contribution in [-0.2, 0) is 0 Å². The van der Waals surface area contributed by atoms with E-state index in [0.29, 0.717) is 0 Å². The van der Waals surface area contributed by atoms with E-state index in [2.05, 4.69) is 163 Å². The Morgan fingerprint density at radius 3 is 1.42 bits per heavy atom. The molecule has 0 atom stereocenters. The number of aromatic nitrogens is 1. The van der Waals surface area contributed by atoms with Gasteiger partial charge in [-0.05, 0) is 86.3 Å². The van der Waals surface area contributed by atoms with Crippen LogP contribution in [0.3, 0.4) is 0 Å². The predicted octanol–water partition coefficient (Wildman–Crippen LogP) is 11.3. The lowest BCUT2D eigenvalue weighted by atomic mass is 9.86. The summed E-state index contributed by atoms with van der Waals surface area (Å²) in [4.78, 5) is 7.28. The molecule has 0 radical (unpaired) electrons. The van der Waals surface area contributed by atoms with Gasteiger partial charge < -0.3 is 0 Å². The molecule has 0 spiro atoms. The van der Waals surface area contributed by atoms with Crippen molar-refractivity contribution in [1.82, 2.24) is 4.98 Å². The molecule has 202 valence electrons. The fourth-order valence-corrected chi connectivity index (χ4v) is 6.30. The van der Waals surface area contributed by atoms with Crippen LogP contribution in [0.4, 0.5) is 17.2 Å². The first-order chi connectivity index (χ1) is 21.3. The first kappa shape index (κ1) is 25.0. The van der Waals surface area contributed by atoms with Gasteiger partial charge in [0.25, 0.3) is 0 Å². The van der Waals surface area contributed by atoms with Gasteiger partial charge >= 0.3 is 0 Å². The molecule has 7 aromatic carbocycles. The minimum atomic E-state index is 0.890. The maximum atomic E-state index is 5.06. The predicted molar refractivity (Wildman–Crippen MR) is 182 cm³/mol. The molecule has 1 aromatic heterocycles. The summed E-state index contributed by atoms with van der Waals surface area (Å²) in [6.07, 6.45) is 0. The topological polar surface area (TPSA) is 16.1 Å². The van der Waals surface area contributed by atoms with Gasteiger partial charge in [-0.15, -0.1) is 0 Å². The molecule has 2 nitrogen and oxygen atoms in total. The first-order valence-electron chi connectivity index (χ1n) is 14.7. The van der Waals surface area contributed by atoms with E-state index in [1.54, 1.807) is 0 Å². The maximum Gasteiger partial charge on any atom is 0.138 e. The Morgan fingerprint density at radius 2 is 0.814 bits per heavy atom. The standard InChI is InChI=1S/C41H28N2/c1-3-14-30(15-4-1)40-34-18-8-10-20-36(34)41(37-21-11-9-19-35(37)40)31-23-26-33(27-24-31)43(32-16-5-2-6-17-32)39-28-25-29-13-7-12-22-38(29)42-39/h1-28H. The Hall–Kier alpha value is -5.73. The SMILES string of the molecule is c1ccc(-c2c3ccccc3c(-c3ccc(N(c4ccccc4)c4ccc5ccccc5n4)cc3)c3ccccc23)cc1. The van der Waals surface area contributed by atoms with E-state index in [9.17, 15) is 0 Å². The second-order valence-electron chi connectivity index (χ2n) is 10.8. The summed E-state index contributed by atoms with van der Waals surface area (Å²) in [5.74, 6) is 0.890. The highest BCUT2D eigenvalue weighted by molar-refractivity contribution is 6.21. The van der Waals surface area contributed by atoms with Gasteiger partial charge in [-0.3, -0.25) is 4.90 Å². The van der Waals surface area contributed by atoms with Crippen molar-refractivity contribution >= 4 is 49.6 Å². The zero-order valence-corrected chi connectivity index (χ0v) is 23.6. The lowest BCUT2D eigenvalue weighted by Gasteiger charge is -2.25. The molecule has 0 saturated heterocycles. The van der Waals surface area contributed by atoms with Crippen molar-refractivity contribution < 1.29 is 0 Å². The molecule has 0 aliphatic carbocycles. The summed E-state index contributed by atoms with van der Waals surface area (Å²) >= 11 is 0. The van der Waals surface area contributed by atoms with Crippen molar-refractivity contribution in [3.63, 3.8) is 0 Å². The Kier molecular flexibility index (Phi) is 6.16. The molecule has 8 aromatic rings. The van der Waals surface area contributed by atoms with Crippen LogP contribution in [0.15, 0.2) is 170 Å². The molecule has 0 saturated carbocycles. The van der Waals surface area contributed by atoms with Gasteiger partial charge in [0, 0.05) is 16.8 Å². The van der Waals surface area contributed by atoms with E-state index in [1.807, 2.05) is 12.1 Å². The fraction of sp³-hybridized carbons (Fsp3) is 0. The summed E-state index contributed by atoms with van der Waals surface area (Å²) in [5, 5.41) is 6.16. The molecule has 0 aliphatic rings. The van der Waals surface area contributed by atoms with Gasteiger partial charge in [-0.25, -0.2) is 4.98 Å². The van der Waals surface area contributed by atoms with E-state index in [1.165, 1.54) is 43.8 Å². The van der Waals surface area contributed by atoms with E-state index >= 15 is 0 Å². The van der Waals surface area contributed by atoms with Crippen molar-refractivity contribution in [1.29, 1.82) is 0 Å². The van der Waals surface area contributed by atoms with E-state index in [0.717, 1.165) is 28.1 Å². The Labute approximate surface area is 251 Å². The van der Waals surface area contributed by atoms with Gasteiger partial charge in [0.1, 0.15) is 5.82 Å². The molecule has 8 rings (SSSR count). The second kappa shape index (κ2) is 10.6. The molecule has 0 N–H and O–H groups in total. The van der Waals surface area contributed by atoms with Crippen LogP contribution in [-0.4, -0.2) is 4.98 Å². The number of hydrogen-bond acceptors (Lipinski definition) is 2. The molecule has 0 amide bonds. The minimum absolute atomic E-state index is 0.890. The monoisotopic (exact) mass is 548 g/mol. The normalized spacial score (nSPS) is 11.3. The number of hydrogen-bond donors (Lipinski definition) is 0. The number of para-hydroxylation sites is 2. The third kappa shape index (κ3) is 4.41. The lowest BCUT2D eigenvalue weighted by molar-refractivity contribution is 1.21. The number of anilines is 3. The summed E-state index contributed by atoms with van der Waals surface area (Å²) in [7, 11) is 0. The van der Waals surface area contributed by atoms with E-state index in [4.69, 9.17) is 4.98 Å². The van der Waals surface area contributed by atoms with E-state index in [-0.39, 0.29) is 0 Å². The minimum Gasteiger partial charge on any atom is -0.295 e. The molecule has 0 bridgehead atoms. The largest absolute Gasteiger partial charge is 0.295 e. The third-order valence-corrected chi connectivity index (χ3v) is 8.24. The van der Waals surface area contributed by atoms with Gasteiger partial charge in [-0.2, -0.15) is 0 Å². The quantitative estimate of drug-likeness (QED) is 0.199. The van der Waals surface area contributed by atoms with Crippen LogP contribution in [0.25, 0.3) is 54.7 Å². The summed E-state index contributed by atoms with van der Waals surface area (Å²) in [6, 6.07) is 60.3. The molecule has 1 heterocycles. The summed E-state index contributed by atoms with van der Waals surface area (Å²) < 4.78 is 0. The molecule has 0 aliphatic heterocycles. The van der Waals surface area contributed by atoms with Crippen LogP contribution >= 0.6 is 0 Å². The van der Waals surface area contributed by atoms with Crippen LogP contribution in [0.1, 0.15) is 0 Å². The van der Waals surface area contributed by atoms with Gasteiger partial charge in [0.05, 0.1) is 5.52 Å². The van der Waals surface area contributed by atoms with Crippen molar-refractivity contribution in [2.45, 2.75) is 0 Å². The number of pyridine rings is 1. The highest BCUT2D eigenvalue weighted by Gasteiger charge is 2.18. The molecule has 0 unspecified atom stereocenters. The second-order valence-corrected chi connectivity index (χ2v) is 10.8. The Bertz CT molecular complexity index is 2160. The van der Waals surface area contributed by atoms with Gasteiger partial charge in [0.15, 0.2) is 0 Å². The van der Waals surface area contributed by atoms with Crippen LogP contribution in [0.2, 0.25) is 0 Å². The number of fused-ring (bicyclic) bond motifs is 3. The first-order valence-corrected chi connectivity index (χ1v) is 14.7. The summed E-state index contributed by atoms with van der Waals surface area (Å²) in [5.41, 5.74) is 8.08. The van der Waals surface area contributed by atoms with Crippen molar-refractivity contribution in [2.24, 2.45) is 0 Å². The Morgan fingerprint density at radius 1 is 0.349 bits per heavy atom. The van der Waals surface area contributed by atoms with Gasteiger partial charge in [0.2, 0.25) is 0 Å². The number of nitrogens with zero attached hydrogens (tertiary/aromatic N) is 2. The molecular weight excluding hydrogens is 520 g/mol. The average Bonchev–Trinajstić information content (AvgIpc) is 3.08. The van der Waals surface area contributed by atoms with Crippen LogP contribution < -0.4 is 4.90 Å². The van der Waals surface area contributed by atoms with Gasteiger partial charge in [-0.1, -0.05) is 127 Å². The highest BCUT2D eigenvalue weighted by Crippen LogP contribution is 2.44. The molecule has 2 heteroatoms. The molecular formula is C41H28N2. The number of benzene rings is 7. The van der Waals surface area contributed by atoms with E-state index < -0.39 is 0 Å². The number of rotatable bonds is 5. The fourth-order valence-electron chi connectivity index (χ4n) is 6.30. The van der Waals surface area contributed by atoms with Crippen LogP contribution in [0.5, 0.6) is 0 Å². The smallest absolute Gasteiger partial charge is 0.138 e. The van der Waals surface area contributed by atoms with Crippen molar-refractivity contribution in [2.75, 3.05) is 4.90 Å². The average molecular weight is 549 g/mol. The van der Waals surface area contributed by atoms with Crippen molar-refractivity contribution in [3.8, 4) is 22.3 Å². The van der Waals surface area contributed by atoms with Crippen LogP contribution in [0, 0.1) is 0 Å². The maximum absolute atomic E-state index is 5.06. The third-order valence-electron chi connectivity index (χ3n) is 8.24. The summed E-state index contributed by atoms with van der Waals surface area (Å²) in [6.45, 7) is 0. The lowest BCUT2D eigenvalue weighted by Crippen LogP contribution is -2.11. The zero-order valence-electron chi connectivity index (χ0n) is 23.6. The Balaban J connectivity index is 1.31. The molecule has 0 fully saturated rings.